The normalized spacial score (nSPS) is 12.7. The Labute approximate surface area is 142 Å². The van der Waals surface area contributed by atoms with Crippen LogP contribution in [-0.4, -0.2) is 28.5 Å². The predicted octanol–water partition coefficient (Wildman–Crippen LogP) is 1.35. The molecule has 7 nitrogen and oxygen atoms in total. The number of ether oxygens (including phenoxy) is 1. The van der Waals surface area contributed by atoms with Crippen molar-refractivity contribution in [2.75, 3.05) is 7.11 Å². The Morgan fingerprint density at radius 3 is 2.32 bits per heavy atom. The number of nitrogens with zero attached hydrogens (tertiary/aromatic N) is 3. The van der Waals surface area contributed by atoms with Gasteiger partial charge in [-0.1, -0.05) is 36.4 Å². The van der Waals surface area contributed by atoms with Crippen molar-refractivity contribution in [1.29, 1.82) is 0 Å². The molecule has 4 rings (SSSR count). The van der Waals surface area contributed by atoms with E-state index in [1.54, 1.807) is 55.6 Å². The Hall–Kier alpha value is -3.48. The fourth-order valence-corrected chi connectivity index (χ4v) is 2.95. The summed E-state index contributed by atoms with van der Waals surface area (Å²) < 4.78 is 6.28. The molecule has 7 heteroatoms. The van der Waals surface area contributed by atoms with Gasteiger partial charge in [0, 0.05) is 21.2 Å². The third-order valence-electron chi connectivity index (χ3n) is 4.21. The van der Waals surface area contributed by atoms with E-state index in [0.717, 1.165) is 5.56 Å². The van der Waals surface area contributed by atoms with E-state index in [9.17, 15) is 14.8 Å². The molecule has 1 aliphatic rings. The van der Waals surface area contributed by atoms with Gasteiger partial charge in [0.1, 0.15) is 12.3 Å². The number of carbonyl (C=O) groups excluding carboxylic acids is 2. The van der Waals surface area contributed by atoms with Crippen molar-refractivity contribution in [2.45, 2.75) is 6.54 Å². The average molecular weight is 335 g/mol. The third-order valence-corrected chi connectivity index (χ3v) is 4.21. The number of hydrogen-bond acceptors (Lipinski definition) is 5. The van der Waals surface area contributed by atoms with Gasteiger partial charge in [0.25, 0.3) is 0 Å². The molecule has 0 N–H and O–H groups in total. The van der Waals surface area contributed by atoms with Crippen LogP contribution in [0.3, 0.4) is 0 Å². The lowest BCUT2D eigenvalue weighted by Gasteiger charge is -2.12. The van der Waals surface area contributed by atoms with Crippen LogP contribution in [0.1, 0.15) is 37.7 Å². The molecule has 0 fully saturated rings. The minimum Gasteiger partial charge on any atom is -0.571 e. The Morgan fingerprint density at radius 1 is 1.04 bits per heavy atom. The number of ketones is 2. The second-order valence-electron chi connectivity index (χ2n) is 5.66. The molecule has 0 amide bonds. The molecular formula is C18H13N3O4. The predicted molar refractivity (Wildman–Crippen MR) is 86.6 cm³/mol. The molecule has 1 aliphatic carbocycles. The van der Waals surface area contributed by atoms with Crippen molar-refractivity contribution in [3.8, 4) is 5.75 Å². The van der Waals surface area contributed by atoms with Crippen molar-refractivity contribution in [1.82, 2.24) is 9.78 Å². The summed E-state index contributed by atoms with van der Waals surface area (Å²) in [5.74, 6) is -0.101. The highest BCUT2D eigenvalue weighted by molar-refractivity contribution is 6.26. The minimum atomic E-state index is -0.414. The van der Waals surface area contributed by atoms with E-state index in [0.29, 0.717) is 10.7 Å². The summed E-state index contributed by atoms with van der Waals surface area (Å²) in [6.07, 6.45) is 0. The first-order valence-corrected chi connectivity index (χ1v) is 7.62. The first-order chi connectivity index (χ1) is 12.1. The Morgan fingerprint density at radius 2 is 1.68 bits per heavy atom. The molecule has 0 spiro atoms. The molecule has 0 radical (unpaired) electrons. The lowest BCUT2D eigenvalue weighted by atomic mass is 9.90. The van der Waals surface area contributed by atoms with E-state index in [-0.39, 0.29) is 34.8 Å². The summed E-state index contributed by atoms with van der Waals surface area (Å²) in [6, 6.07) is 13.6. The first kappa shape index (κ1) is 15.1. The lowest BCUT2D eigenvalue weighted by Crippen LogP contribution is -2.41. The van der Waals surface area contributed by atoms with Gasteiger partial charge in [-0.3, -0.25) is 9.59 Å². The number of carbonyl (C=O) groups is 2. The third kappa shape index (κ3) is 2.28. The van der Waals surface area contributed by atoms with Gasteiger partial charge in [-0.25, -0.2) is 0 Å². The van der Waals surface area contributed by atoms with Crippen molar-refractivity contribution in [2.24, 2.45) is 0 Å². The van der Waals surface area contributed by atoms with E-state index in [1.165, 1.54) is 4.68 Å². The Balaban J connectivity index is 1.80. The van der Waals surface area contributed by atoms with Gasteiger partial charge in [0.05, 0.1) is 7.11 Å². The molecule has 0 aliphatic heterocycles. The minimum absolute atomic E-state index is 0.0227. The summed E-state index contributed by atoms with van der Waals surface area (Å²) in [5, 5.41) is 16.0. The number of fused-ring (bicyclic) bond motifs is 2. The number of methoxy groups -OCH3 is 1. The fraction of sp³-hybridized carbons (Fsp3) is 0.111. The zero-order valence-corrected chi connectivity index (χ0v) is 13.3. The maximum Gasteiger partial charge on any atom is 0.220 e. The number of benzene rings is 2. The molecule has 2 aromatic carbocycles. The number of rotatable bonds is 3. The van der Waals surface area contributed by atoms with Gasteiger partial charge in [0.15, 0.2) is 5.69 Å². The van der Waals surface area contributed by atoms with Crippen LogP contribution >= 0.6 is 0 Å². The van der Waals surface area contributed by atoms with E-state index in [2.05, 4.69) is 5.10 Å². The average Bonchev–Trinajstić information content (AvgIpc) is 2.97. The van der Waals surface area contributed by atoms with E-state index >= 15 is 0 Å². The molecule has 3 aromatic rings. The smallest absolute Gasteiger partial charge is 0.220 e. The second-order valence-corrected chi connectivity index (χ2v) is 5.66. The molecule has 1 heterocycles. The Bertz CT molecular complexity index is 1010. The van der Waals surface area contributed by atoms with Gasteiger partial charge >= 0.3 is 0 Å². The van der Waals surface area contributed by atoms with Gasteiger partial charge in [-0.05, 0) is 17.7 Å². The maximum atomic E-state index is 12.8. The number of hydrogen-bond donors (Lipinski definition) is 0. The highest BCUT2D eigenvalue weighted by Gasteiger charge is 2.39. The Kier molecular flexibility index (Phi) is 3.35. The molecular weight excluding hydrogens is 322 g/mol. The molecule has 0 bridgehead atoms. The quantitative estimate of drug-likeness (QED) is 0.416. The van der Waals surface area contributed by atoms with Gasteiger partial charge in [0.2, 0.25) is 17.3 Å². The summed E-state index contributed by atoms with van der Waals surface area (Å²) in [5.41, 5.74) is 1.26. The number of aromatic nitrogens is 3. The molecule has 0 unspecified atom stereocenters. The monoisotopic (exact) mass is 335 g/mol. The first-order valence-electron chi connectivity index (χ1n) is 7.62. The summed E-state index contributed by atoms with van der Waals surface area (Å²) >= 11 is 0. The molecule has 124 valence electrons. The van der Waals surface area contributed by atoms with Crippen LogP contribution in [-0.2, 0) is 6.54 Å². The standard InChI is InChI=1S/C18H13N3O4/c1-25-12-8-6-11(7-9-12)10-20-16-15(19-21(20)24)17(22)13-4-2-3-5-14(13)18(16)23/h2-9H,10H2,1H3. The van der Waals surface area contributed by atoms with E-state index in [1.807, 2.05) is 0 Å². The van der Waals surface area contributed by atoms with Crippen molar-refractivity contribution in [3.63, 3.8) is 0 Å². The topological polar surface area (TPSA) is 88.1 Å². The summed E-state index contributed by atoms with van der Waals surface area (Å²) in [4.78, 5) is 25.7. The second kappa shape index (κ2) is 5.55. The summed E-state index contributed by atoms with van der Waals surface area (Å²) in [7, 11) is 1.56. The fourth-order valence-electron chi connectivity index (χ4n) is 2.95. The van der Waals surface area contributed by atoms with Crippen LogP contribution < -0.4 is 9.70 Å². The van der Waals surface area contributed by atoms with Crippen molar-refractivity contribution >= 4 is 11.6 Å². The zero-order valence-electron chi connectivity index (χ0n) is 13.3. The van der Waals surface area contributed by atoms with Crippen molar-refractivity contribution < 1.29 is 19.3 Å². The van der Waals surface area contributed by atoms with Crippen LogP contribution in [0.15, 0.2) is 48.5 Å². The molecule has 1 aromatic heterocycles. The van der Waals surface area contributed by atoms with Crippen LogP contribution in [0, 0.1) is 5.21 Å². The molecule has 0 saturated carbocycles. The van der Waals surface area contributed by atoms with Crippen molar-refractivity contribution in [3.05, 3.63) is 81.8 Å². The van der Waals surface area contributed by atoms with Crippen LogP contribution in [0.25, 0.3) is 0 Å². The van der Waals surface area contributed by atoms with Gasteiger partial charge < -0.3 is 9.94 Å². The van der Waals surface area contributed by atoms with Gasteiger partial charge in [-0.2, -0.15) is 0 Å². The summed E-state index contributed by atoms with van der Waals surface area (Å²) in [6.45, 7) is 0.122. The largest absolute Gasteiger partial charge is 0.571 e. The van der Waals surface area contributed by atoms with Gasteiger partial charge in [-0.15, -0.1) is 4.68 Å². The van der Waals surface area contributed by atoms with Crippen LogP contribution in [0.5, 0.6) is 5.75 Å². The molecule has 0 saturated heterocycles. The highest BCUT2D eigenvalue weighted by atomic mass is 16.5. The zero-order chi connectivity index (χ0) is 17.6. The van der Waals surface area contributed by atoms with E-state index in [4.69, 9.17) is 4.74 Å². The SMILES string of the molecule is COc1ccc(Cn2c3c(n[n+]2[O-])C(=O)c2ccccc2C3=O)cc1. The van der Waals surface area contributed by atoms with E-state index < -0.39 is 5.78 Å². The molecule has 0 atom stereocenters. The van der Waals surface area contributed by atoms with Crippen LogP contribution in [0.4, 0.5) is 0 Å². The van der Waals surface area contributed by atoms with Crippen LogP contribution in [0.2, 0.25) is 0 Å². The maximum absolute atomic E-state index is 12.8. The molecule has 25 heavy (non-hydrogen) atoms. The highest BCUT2D eigenvalue weighted by Crippen LogP contribution is 2.25. The lowest BCUT2D eigenvalue weighted by molar-refractivity contribution is -0.748.